The summed E-state index contributed by atoms with van der Waals surface area (Å²) in [4.78, 5) is 13.4. The smallest absolute Gasteiger partial charge is 0.256 e. The van der Waals surface area contributed by atoms with Crippen molar-refractivity contribution in [3.63, 3.8) is 0 Å². The van der Waals surface area contributed by atoms with Crippen molar-refractivity contribution in [1.29, 1.82) is 0 Å². The highest BCUT2D eigenvalue weighted by Crippen LogP contribution is 2.31. The summed E-state index contributed by atoms with van der Waals surface area (Å²) < 4.78 is 6.45. The first-order valence-electron chi connectivity index (χ1n) is 6.49. The van der Waals surface area contributed by atoms with Crippen molar-refractivity contribution in [2.24, 2.45) is 7.05 Å². The van der Waals surface area contributed by atoms with Gasteiger partial charge in [-0.3, -0.25) is 4.98 Å². The summed E-state index contributed by atoms with van der Waals surface area (Å²) in [6, 6.07) is 4.11. The molecule has 0 aliphatic carbocycles. The Morgan fingerprint density at radius 3 is 3.20 bits per heavy atom. The van der Waals surface area contributed by atoms with Crippen LogP contribution < -0.4 is 4.57 Å². The summed E-state index contributed by atoms with van der Waals surface area (Å²) in [7, 11) is 2.06. The summed E-state index contributed by atoms with van der Waals surface area (Å²) in [5, 5.41) is 0. The number of rotatable bonds is 0. The van der Waals surface area contributed by atoms with Crippen molar-refractivity contribution >= 4 is 16.9 Å². The van der Waals surface area contributed by atoms with E-state index in [0.29, 0.717) is 0 Å². The molecule has 0 N–H and O–H groups in total. The Morgan fingerprint density at radius 2 is 2.25 bits per heavy atom. The molecule has 0 saturated carbocycles. The van der Waals surface area contributed by atoms with Gasteiger partial charge in [-0.05, 0) is 6.07 Å². The number of pyridine rings is 1. The molecule has 5 rings (SSSR count). The molecule has 0 spiro atoms. The molecule has 0 radical (unpaired) electrons. The lowest BCUT2D eigenvalue weighted by atomic mass is 10.2. The highest BCUT2D eigenvalue weighted by molar-refractivity contribution is 5.76. The maximum atomic E-state index is 4.71. The summed E-state index contributed by atoms with van der Waals surface area (Å²) in [6.07, 6.45) is 7.35. The van der Waals surface area contributed by atoms with Crippen LogP contribution in [0, 0.1) is 0 Å². The molecular weight excluding hydrogens is 252 g/mol. The van der Waals surface area contributed by atoms with Gasteiger partial charge in [0.15, 0.2) is 0 Å². The maximum Gasteiger partial charge on any atom is 0.295 e. The first-order valence-corrected chi connectivity index (χ1v) is 6.49. The topological polar surface area (TPSA) is 51.9 Å². The number of hydrogen-bond donors (Lipinski definition) is 0. The molecule has 5 heterocycles. The van der Waals surface area contributed by atoms with Crippen LogP contribution in [-0.2, 0) is 13.6 Å². The summed E-state index contributed by atoms with van der Waals surface area (Å²) in [6.45, 7) is 0.827. The Bertz CT molecular complexity index is 994. The second-order valence-electron chi connectivity index (χ2n) is 5.04. The van der Waals surface area contributed by atoms with Crippen LogP contribution in [-0.4, -0.2) is 23.9 Å². The molecule has 20 heavy (non-hydrogen) atoms. The molecule has 0 unspecified atom stereocenters. The zero-order valence-electron chi connectivity index (χ0n) is 10.9. The van der Waals surface area contributed by atoms with Gasteiger partial charge in [0.2, 0.25) is 5.65 Å². The lowest BCUT2D eigenvalue weighted by Gasteiger charge is -1.96. The number of imidazole rings is 2. The molecule has 1 aliphatic rings. The van der Waals surface area contributed by atoms with Crippen molar-refractivity contribution in [1.82, 2.24) is 23.9 Å². The highest BCUT2D eigenvalue weighted by atomic mass is 15.3. The normalized spacial score (nSPS) is 13.1. The molecule has 0 aromatic carbocycles. The largest absolute Gasteiger partial charge is 0.295 e. The number of aromatic nitrogens is 6. The minimum absolute atomic E-state index is 0.827. The third-order valence-corrected chi connectivity index (χ3v) is 3.97. The molecule has 0 atom stereocenters. The van der Waals surface area contributed by atoms with Crippen LogP contribution >= 0.6 is 0 Å². The van der Waals surface area contributed by atoms with E-state index in [-0.39, 0.29) is 0 Å². The lowest BCUT2D eigenvalue weighted by molar-refractivity contribution is -0.636. The third kappa shape index (κ3) is 1.01. The van der Waals surface area contributed by atoms with E-state index in [0.717, 1.165) is 35.0 Å². The van der Waals surface area contributed by atoms with Gasteiger partial charge in [0, 0.05) is 11.8 Å². The highest BCUT2D eigenvalue weighted by Gasteiger charge is 2.34. The molecule has 4 aromatic rings. The van der Waals surface area contributed by atoms with Gasteiger partial charge in [0.05, 0.1) is 32.2 Å². The number of fused-ring (bicyclic) bond motifs is 7. The van der Waals surface area contributed by atoms with Gasteiger partial charge < -0.3 is 0 Å². The van der Waals surface area contributed by atoms with Crippen LogP contribution in [0.3, 0.4) is 0 Å². The first kappa shape index (κ1) is 10.1. The maximum absolute atomic E-state index is 4.71. The Kier molecular flexibility index (Phi) is 1.62. The lowest BCUT2D eigenvalue weighted by Crippen LogP contribution is -2.30. The third-order valence-electron chi connectivity index (χ3n) is 3.97. The predicted octanol–water partition coefficient (Wildman–Crippen LogP) is 0.932. The van der Waals surface area contributed by atoms with Crippen molar-refractivity contribution in [2.75, 3.05) is 0 Å². The van der Waals surface area contributed by atoms with Gasteiger partial charge in [-0.15, -0.1) is 0 Å². The minimum atomic E-state index is 0.827. The zero-order chi connectivity index (χ0) is 13.3. The first-order chi connectivity index (χ1) is 9.84. The van der Waals surface area contributed by atoms with Gasteiger partial charge >= 0.3 is 0 Å². The van der Waals surface area contributed by atoms with Crippen molar-refractivity contribution in [3.8, 4) is 11.5 Å². The minimum Gasteiger partial charge on any atom is -0.256 e. The van der Waals surface area contributed by atoms with E-state index < -0.39 is 0 Å². The van der Waals surface area contributed by atoms with Crippen LogP contribution in [0.5, 0.6) is 0 Å². The van der Waals surface area contributed by atoms with Crippen LogP contribution in [0.4, 0.5) is 0 Å². The van der Waals surface area contributed by atoms with Gasteiger partial charge in [-0.2, -0.15) is 4.98 Å². The summed E-state index contributed by atoms with van der Waals surface area (Å²) >= 11 is 0. The van der Waals surface area contributed by atoms with E-state index in [9.17, 15) is 0 Å². The van der Waals surface area contributed by atoms with Crippen molar-refractivity contribution in [2.45, 2.75) is 6.54 Å². The molecule has 0 bridgehead atoms. The fourth-order valence-electron chi connectivity index (χ4n) is 3.13. The monoisotopic (exact) mass is 263 g/mol. The summed E-state index contributed by atoms with van der Waals surface area (Å²) in [5.41, 5.74) is 5.22. The second kappa shape index (κ2) is 3.22. The quantitative estimate of drug-likeness (QED) is 0.391. The number of hydrogen-bond acceptors (Lipinski definition) is 3. The molecule has 0 amide bonds. The van der Waals surface area contributed by atoms with Crippen LogP contribution in [0.25, 0.3) is 28.5 Å². The van der Waals surface area contributed by atoms with Crippen LogP contribution in [0.15, 0.2) is 36.9 Å². The van der Waals surface area contributed by atoms with Crippen molar-refractivity contribution in [3.05, 3.63) is 42.5 Å². The predicted molar refractivity (Wildman–Crippen MR) is 72.0 cm³/mol. The average molecular weight is 263 g/mol. The SMILES string of the molecule is C[n+]1c2n(c3nc4cnccn4c31)Cc1cccnc1-2. The molecule has 6 heteroatoms. The number of nitrogens with zero attached hydrogens (tertiary/aromatic N) is 6. The Hall–Kier alpha value is -2.76. The van der Waals surface area contributed by atoms with E-state index in [1.807, 2.05) is 18.5 Å². The van der Waals surface area contributed by atoms with Gasteiger partial charge in [0.1, 0.15) is 5.69 Å². The Balaban J connectivity index is 1.98. The standard InChI is InChI=1S/C14H11N6/c1-18-13-11-9(3-2-4-16-11)8-20(13)12-14(18)19-6-5-15-7-10(19)17-12/h2-7H,8H2,1H3/q+1. The molecule has 96 valence electrons. The van der Waals surface area contributed by atoms with E-state index >= 15 is 0 Å². The van der Waals surface area contributed by atoms with E-state index in [1.165, 1.54) is 5.56 Å². The van der Waals surface area contributed by atoms with E-state index in [4.69, 9.17) is 4.98 Å². The second-order valence-corrected chi connectivity index (χ2v) is 5.04. The summed E-state index contributed by atoms with van der Waals surface area (Å²) in [5.74, 6) is 1.12. The fourth-order valence-corrected chi connectivity index (χ4v) is 3.13. The molecule has 6 nitrogen and oxygen atoms in total. The molecule has 1 aliphatic heterocycles. The molecule has 0 saturated heterocycles. The van der Waals surface area contributed by atoms with Crippen LogP contribution in [0.1, 0.15) is 5.56 Å². The fraction of sp³-hybridized carbons (Fsp3) is 0.143. The van der Waals surface area contributed by atoms with E-state index in [1.54, 1.807) is 12.4 Å². The molecule has 0 fully saturated rings. The van der Waals surface area contributed by atoms with E-state index in [2.05, 4.69) is 36.6 Å². The zero-order valence-corrected chi connectivity index (χ0v) is 10.9. The Morgan fingerprint density at radius 1 is 1.30 bits per heavy atom. The van der Waals surface area contributed by atoms with Gasteiger partial charge in [-0.25, -0.2) is 18.5 Å². The average Bonchev–Trinajstić information content (AvgIpc) is 3.10. The Labute approximate surface area is 114 Å². The van der Waals surface area contributed by atoms with Gasteiger partial charge in [0.25, 0.3) is 17.1 Å². The molecular formula is C14H11N6+. The van der Waals surface area contributed by atoms with Crippen molar-refractivity contribution < 1.29 is 4.57 Å². The number of aryl methyl sites for hydroxylation is 1. The van der Waals surface area contributed by atoms with Gasteiger partial charge in [-0.1, -0.05) is 6.07 Å². The molecule has 4 aromatic heterocycles. The van der Waals surface area contributed by atoms with Crippen LogP contribution in [0.2, 0.25) is 0 Å².